The largest absolute Gasteiger partial charge is 0.481 e. The van der Waals surface area contributed by atoms with Crippen LogP contribution in [0.2, 0.25) is 0 Å². The molecule has 0 fully saturated rings. The van der Waals surface area contributed by atoms with E-state index in [1.165, 1.54) is 12.1 Å². The highest BCUT2D eigenvalue weighted by molar-refractivity contribution is 7.61. The summed E-state index contributed by atoms with van der Waals surface area (Å²) in [6.45, 7) is 0. The molecular weight excluding hydrogens is 323 g/mol. The Morgan fingerprint density at radius 3 is 2.35 bits per heavy atom. The standard InChI is InChI=1S/C15H15O7P/c16-14(17)8-7-13(15(18)19)22-23(20,21)12-6-5-10-3-1-2-4-11(10)9-12/h1-6,9,13H,7-8H2,(H,16,17)(H,18,19)(H,20,21). The fourth-order valence-corrected chi connectivity index (χ4v) is 3.29. The zero-order chi connectivity index (χ0) is 17.0. The number of aliphatic carboxylic acids is 2. The molecule has 122 valence electrons. The van der Waals surface area contributed by atoms with Gasteiger partial charge in [0.25, 0.3) is 0 Å². The van der Waals surface area contributed by atoms with Crippen molar-refractivity contribution in [1.82, 2.24) is 0 Å². The Hall–Kier alpha value is -2.21. The first-order valence-electron chi connectivity index (χ1n) is 6.75. The van der Waals surface area contributed by atoms with Gasteiger partial charge in [0.2, 0.25) is 0 Å². The second kappa shape index (κ2) is 6.91. The second-order valence-corrected chi connectivity index (χ2v) is 6.68. The average molecular weight is 338 g/mol. The predicted octanol–water partition coefficient (Wildman–Crippen LogP) is 1.99. The van der Waals surface area contributed by atoms with Crippen LogP contribution in [0.15, 0.2) is 42.5 Å². The van der Waals surface area contributed by atoms with Gasteiger partial charge in [-0.15, -0.1) is 0 Å². The highest BCUT2D eigenvalue weighted by Crippen LogP contribution is 2.43. The van der Waals surface area contributed by atoms with Gasteiger partial charge in [-0.3, -0.25) is 13.9 Å². The lowest BCUT2D eigenvalue weighted by Crippen LogP contribution is -2.25. The Labute approximate surface area is 131 Å². The van der Waals surface area contributed by atoms with E-state index >= 15 is 0 Å². The first-order valence-corrected chi connectivity index (χ1v) is 8.32. The molecule has 2 unspecified atom stereocenters. The van der Waals surface area contributed by atoms with E-state index in [9.17, 15) is 19.0 Å². The molecule has 2 aromatic carbocycles. The minimum atomic E-state index is -4.39. The van der Waals surface area contributed by atoms with Crippen molar-refractivity contribution in [3.63, 3.8) is 0 Å². The minimum absolute atomic E-state index is 0.0437. The monoisotopic (exact) mass is 338 g/mol. The van der Waals surface area contributed by atoms with Crippen LogP contribution in [0.25, 0.3) is 10.8 Å². The third-order valence-electron chi connectivity index (χ3n) is 3.23. The first-order chi connectivity index (χ1) is 10.8. The number of hydrogen-bond donors (Lipinski definition) is 3. The second-order valence-electron chi connectivity index (χ2n) is 4.92. The summed E-state index contributed by atoms with van der Waals surface area (Å²) in [5, 5.41) is 19.1. The lowest BCUT2D eigenvalue weighted by molar-refractivity contribution is -0.146. The van der Waals surface area contributed by atoms with Crippen LogP contribution in [0, 0.1) is 0 Å². The smallest absolute Gasteiger partial charge is 0.359 e. The Kier molecular flexibility index (Phi) is 5.15. The highest BCUT2D eigenvalue weighted by atomic mass is 31.2. The maximum absolute atomic E-state index is 12.3. The summed E-state index contributed by atoms with van der Waals surface area (Å²) < 4.78 is 17.2. The van der Waals surface area contributed by atoms with E-state index < -0.39 is 38.5 Å². The fourth-order valence-electron chi connectivity index (χ4n) is 2.06. The molecule has 2 atom stereocenters. The molecule has 0 bridgehead atoms. The van der Waals surface area contributed by atoms with Crippen molar-refractivity contribution in [2.24, 2.45) is 0 Å². The van der Waals surface area contributed by atoms with Crippen LogP contribution in [0.3, 0.4) is 0 Å². The van der Waals surface area contributed by atoms with Gasteiger partial charge in [-0.05, 0) is 29.3 Å². The summed E-state index contributed by atoms with van der Waals surface area (Å²) in [5.41, 5.74) is 0. The number of carboxylic acid groups (broad SMARTS) is 2. The van der Waals surface area contributed by atoms with E-state index in [1.54, 1.807) is 18.2 Å². The summed E-state index contributed by atoms with van der Waals surface area (Å²) >= 11 is 0. The van der Waals surface area contributed by atoms with Gasteiger partial charge in [0.15, 0.2) is 6.10 Å². The number of benzene rings is 2. The molecule has 0 amide bonds. The molecule has 23 heavy (non-hydrogen) atoms. The molecule has 0 aromatic heterocycles. The summed E-state index contributed by atoms with van der Waals surface area (Å²) in [4.78, 5) is 31.7. The fraction of sp³-hybridized carbons (Fsp3) is 0.200. The Morgan fingerprint density at radius 1 is 1.09 bits per heavy atom. The van der Waals surface area contributed by atoms with Gasteiger partial charge in [0.1, 0.15) is 0 Å². The van der Waals surface area contributed by atoms with Gasteiger partial charge >= 0.3 is 19.5 Å². The Bertz CT molecular complexity index is 786. The lowest BCUT2D eigenvalue weighted by atomic mass is 10.1. The van der Waals surface area contributed by atoms with Crippen molar-refractivity contribution in [2.75, 3.05) is 0 Å². The summed E-state index contributed by atoms with van der Waals surface area (Å²) in [6.07, 6.45) is -2.55. The van der Waals surface area contributed by atoms with Crippen molar-refractivity contribution in [3.05, 3.63) is 42.5 Å². The zero-order valence-corrected chi connectivity index (χ0v) is 12.8. The minimum Gasteiger partial charge on any atom is -0.481 e. The van der Waals surface area contributed by atoms with Crippen LogP contribution >= 0.6 is 7.60 Å². The van der Waals surface area contributed by atoms with E-state index in [0.717, 1.165) is 5.39 Å². The number of carboxylic acids is 2. The Morgan fingerprint density at radius 2 is 1.74 bits per heavy atom. The van der Waals surface area contributed by atoms with E-state index in [0.29, 0.717) is 5.39 Å². The van der Waals surface area contributed by atoms with Crippen molar-refractivity contribution < 1.29 is 33.8 Å². The molecule has 3 N–H and O–H groups in total. The van der Waals surface area contributed by atoms with Crippen LogP contribution < -0.4 is 5.30 Å². The molecule has 0 aliphatic rings. The van der Waals surface area contributed by atoms with Crippen LogP contribution in [0.1, 0.15) is 12.8 Å². The maximum atomic E-state index is 12.3. The normalized spacial score (nSPS) is 15.0. The van der Waals surface area contributed by atoms with Gasteiger partial charge < -0.3 is 15.1 Å². The molecule has 8 heteroatoms. The third-order valence-corrected chi connectivity index (χ3v) is 4.70. The first kappa shape index (κ1) is 17.1. The molecule has 0 aliphatic heterocycles. The third kappa shape index (κ3) is 4.39. The molecule has 0 spiro atoms. The number of hydrogen-bond acceptors (Lipinski definition) is 4. The highest BCUT2D eigenvalue weighted by Gasteiger charge is 2.31. The van der Waals surface area contributed by atoms with E-state index in [2.05, 4.69) is 0 Å². The topological polar surface area (TPSA) is 121 Å². The average Bonchev–Trinajstić information content (AvgIpc) is 2.50. The van der Waals surface area contributed by atoms with Gasteiger partial charge in [-0.1, -0.05) is 30.3 Å². The molecule has 0 heterocycles. The van der Waals surface area contributed by atoms with Crippen LogP contribution in [0.4, 0.5) is 0 Å². The van der Waals surface area contributed by atoms with E-state index in [4.69, 9.17) is 14.7 Å². The summed E-state index contributed by atoms with van der Waals surface area (Å²) in [7, 11) is -4.39. The number of fused-ring (bicyclic) bond motifs is 1. The molecule has 2 aromatic rings. The summed E-state index contributed by atoms with van der Waals surface area (Å²) in [6, 6.07) is 11.6. The molecule has 0 aliphatic carbocycles. The molecule has 2 rings (SSSR count). The number of rotatable bonds is 7. The van der Waals surface area contributed by atoms with E-state index in [-0.39, 0.29) is 5.30 Å². The zero-order valence-electron chi connectivity index (χ0n) is 12.0. The quantitative estimate of drug-likeness (QED) is 0.660. The van der Waals surface area contributed by atoms with Gasteiger partial charge in [0, 0.05) is 6.42 Å². The SMILES string of the molecule is O=C(O)CCC(OP(=O)(O)c1ccc2ccccc2c1)C(=O)O. The molecule has 0 radical (unpaired) electrons. The molecule has 0 saturated heterocycles. The number of carbonyl (C=O) groups is 2. The van der Waals surface area contributed by atoms with Crippen molar-refractivity contribution >= 4 is 35.6 Å². The molecular formula is C15H15O7P. The van der Waals surface area contributed by atoms with Crippen LogP contribution in [-0.4, -0.2) is 33.1 Å². The molecule has 0 saturated carbocycles. The maximum Gasteiger partial charge on any atom is 0.359 e. The van der Waals surface area contributed by atoms with Crippen molar-refractivity contribution in [3.8, 4) is 0 Å². The van der Waals surface area contributed by atoms with Crippen molar-refractivity contribution in [2.45, 2.75) is 18.9 Å². The predicted molar refractivity (Wildman–Crippen MR) is 82.8 cm³/mol. The van der Waals surface area contributed by atoms with Gasteiger partial charge in [-0.25, -0.2) is 4.79 Å². The molecule has 7 nitrogen and oxygen atoms in total. The van der Waals surface area contributed by atoms with Gasteiger partial charge in [-0.2, -0.15) is 0 Å². The lowest BCUT2D eigenvalue weighted by Gasteiger charge is -2.18. The van der Waals surface area contributed by atoms with Crippen LogP contribution in [-0.2, 0) is 18.7 Å². The van der Waals surface area contributed by atoms with Crippen LogP contribution in [0.5, 0.6) is 0 Å². The Balaban J connectivity index is 2.25. The summed E-state index contributed by atoms with van der Waals surface area (Å²) in [5.74, 6) is -2.69. The van der Waals surface area contributed by atoms with Gasteiger partial charge in [0.05, 0.1) is 5.30 Å². The van der Waals surface area contributed by atoms with E-state index in [1.807, 2.05) is 12.1 Å². The van der Waals surface area contributed by atoms with Crippen molar-refractivity contribution in [1.29, 1.82) is 0 Å².